The smallest absolute Gasteiger partial charge is 0.326 e. The van der Waals surface area contributed by atoms with Crippen LogP contribution in [0.1, 0.15) is 12.0 Å². The van der Waals surface area contributed by atoms with Crippen molar-refractivity contribution in [3.8, 4) is 11.5 Å². The predicted octanol–water partition coefficient (Wildman–Crippen LogP) is 0.573. The van der Waals surface area contributed by atoms with E-state index in [2.05, 4.69) is 0 Å². The molecule has 7 nitrogen and oxygen atoms in total. The quantitative estimate of drug-likeness (QED) is 0.874. The molecule has 1 saturated heterocycles. The first-order chi connectivity index (χ1) is 11.0. The lowest BCUT2D eigenvalue weighted by Crippen LogP contribution is -2.41. The number of hydrogen-bond acceptors (Lipinski definition) is 5. The predicted molar refractivity (Wildman–Crippen MR) is 81.5 cm³/mol. The number of carboxylic acid groups (broad SMARTS) is 1. The number of aliphatic carboxylic acids is 1. The Morgan fingerprint density at radius 1 is 1.30 bits per heavy atom. The number of carboxylic acids is 1. The lowest BCUT2D eigenvalue weighted by atomic mass is 10.1. The summed E-state index contributed by atoms with van der Waals surface area (Å²) in [5, 5.41) is 9.38. The van der Waals surface area contributed by atoms with Crippen LogP contribution in [0.5, 0.6) is 11.5 Å². The average molecular weight is 320 g/mol. The van der Waals surface area contributed by atoms with Crippen molar-refractivity contribution in [1.82, 2.24) is 9.80 Å². The average Bonchev–Trinajstić information content (AvgIpc) is 3.13. The van der Waals surface area contributed by atoms with E-state index in [1.807, 2.05) is 19.0 Å². The number of fused-ring (bicyclic) bond motifs is 1. The molecule has 2 aliphatic heterocycles. The highest BCUT2D eigenvalue weighted by molar-refractivity contribution is 5.86. The highest BCUT2D eigenvalue weighted by Gasteiger charge is 2.40. The van der Waals surface area contributed by atoms with Gasteiger partial charge in [-0.1, -0.05) is 6.07 Å². The Hall–Kier alpha value is -2.28. The van der Waals surface area contributed by atoms with E-state index in [-0.39, 0.29) is 25.2 Å². The minimum Gasteiger partial charge on any atom is -0.480 e. The number of hydrogen-bond donors (Lipinski definition) is 1. The summed E-state index contributed by atoms with van der Waals surface area (Å²) in [5.41, 5.74) is 0.789. The fraction of sp³-hybridized carbons (Fsp3) is 0.500. The number of ether oxygens (including phenoxy) is 2. The van der Waals surface area contributed by atoms with Crippen LogP contribution >= 0.6 is 0 Å². The van der Waals surface area contributed by atoms with E-state index in [0.717, 1.165) is 5.56 Å². The Bertz CT molecular complexity index is 631. The lowest BCUT2D eigenvalue weighted by molar-refractivity contribution is -0.148. The summed E-state index contributed by atoms with van der Waals surface area (Å²) in [6.45, 7) is 0.623. The SMILES string of the molecule is CN(C)[C@@H]1C[C@@H](C(=O)O)N(C(=O)Cc2ccc3c(c2)OCO3)C1. The second kappa shape index (κ2) is 6.08. The largest absolute Gasteiger partial charge is 0.480 e. The first-order valence-corrected chi connectivity index (χ1v) is 7.53. The fourth-order valence-electron chi connectivity index (χ4n) is 3.02. The standard InChI is InChI=1S/C16H20N2O5/c1-17(2)11-7-12(16(20)21)18(8-11)15(19)6-10-3-4-13-14(5-10)23-9-22-13/h3-5,11-12H,6-9H2,1-2H3,(H,20,21)/t11-,12+/m1/s1. The molecule has 0 aliphatic carbocycles. The van der Waals surface area contributed by atoms with E-state index in [0.29, 0.717) is 24.5 Å². The first-order valence-electron chi connectivity index (χ1n) is 7.53. The molecule has 2 heterocycles. The van der Waals surface area contributed by atoms with Crippen molar-refractivity contribution in [3.63, 3.8) is 0 Å². The zero-order chi connectivity index (χ0) is 16.6. The molecule has 0 spiro atoms. The summed E-state index contributed by atoms with van der Waals surface area (Å²) in [5.74, 6) is 0.158. The highest BCUT2D eigenvalue weighted by Crippen LogP contribution is 2.33. The molecule has 0 bridgehead atoms. The van der Waals surface area contributed by atoms with Gasteiger partial charge in [-0.3, -0.25) is 4.79 Å². The third-order valence-electron chi connectivity index (χ3n) is 4.41. The van der Waals surface area contributed by atoms with Crippen LogP contribution in [0.15, 0.2) is 18.2 Å². The summed E-state index contributed by atoms with van der Waals surface area (Å²) in [7, 11) is 3.80. The molecule has 0 aromatic heterocycles. The van der Waals surface area contributed by atoms with Gasteiger partial charge in [-0.05, 0) is 38.2 Å². The van der Waals surface area contributed by atoms with Crippen LogP contribution in [0.3, 0.4) is 0 Å². The van der Waals surface area contributed by atoms with Gasteiger partial charge in [0.05, 0.1) is 6.42 Å². The molecule has 1 aromatic carbocycles. The topological polar surface area (TPSA) is 79.3 Å². The molecule has 3 rings (SSSR count). The van der Waals surface area contributed by atoms with E-state index in [9.17, 15) is 14.7 Å². The van der Waals surface area contributed by atoms with Crippen LogP contribution in [0.2, 0.25) is 0 Å². The molecular formula is C16H20N2O5. The van der Waals surface area contributed by atoms with E-state index < -0.39 is 12.0 Å². The van der Waals surface area contributed by atoms with Crippen molar-refractivity contribution in [2.75, 3.05) is 27.4 Å². The molecule has 1 fully saturated rings. The summed E-state index contributed by atoms with van der Waals surface area (Å²) in [6, 6.07) is 4.66. The summed E-state index contributed by atoms with van der Waals surface area (Å²) in [6.07, 6.45) is 0.607. The van der Waals surface area contributed by atoms with Crippen molar-refractivity contribution < 1.29 is 24.2 Å². The Labute approximate surface area is 134 Å². The van der Waals surface area contributed by atoms with E-state index in [1.165, 1.54) is 4.90 Å². The van der Waals surface area contributed by atoms with Crippen molar-refractivity contribution in [2.45, 2.75) is 24.9 Å². The maximum atomic E-state index is 12.6. The first kappa shape index (κ1) is 15.6. The van der Waals surface area contributed by atoms with Crippen LogP contribution in [-0.2, 0) is 16.0 Å². The van der Waals surface area contributed by atoms with Crippen LogP contribution in [0, 0.1) is 0 Å². The van der Waals surface area contributed by atoms with Gasteiger partial charge in [0.25, 0.3) is 0 Å². The number of likely N-dealkylation sites (tertiary alicyclic amines) is 1. The van der Waals surface area contributed by atoms with Gasteiger partial charge in [-0.2, -0.15) is 0 Å². The summed E-state index contributed by atoms with van der Waals surface area (Å²) < 4.78 is 10.6. The van der Waals surface area contributed by atoms with Gasteiger partial charge in [0.2, 0.25) is 12.7 Å². The minimum absolute atomic E-state index is 0.0665. The van der Waals surface area contributed by atoms with E-state index >= 15 is 0 Å². The lowest BCUT2D eigenvalue weighted by Gasteiger charge is -2.22. The maximum absolute atomic E-state index is 12.6. The van der Waals surface area contributed by atoms with Gasteiger partial charge in [0, 0.05) is 12.6 Å². The van der Waals surface area contributed by atoms with Gasteiger partial charge < -0.3 is 24.4 Å². The van der Waals surface area contributed by atoms with Gasteiger partial charge in [-0.25, -0.2) is 4.79 Å². The van der Waals surface area contributed by atoms with E-state index in [1.54, 1.807) is 18.2 Å². The zero-order valence-electron chi connectivity index (χ0n) is 13.2. The summed E-state index contributed by atoms with van der Waals surface area (Å²) >= 11 is 0. The van der Waals surface area contributed by atoms with Crippen molar-refractivity contribution in [1.29, 1.82) is 0 Å². The second-order valence-electron chi connectivity index (χ2n) is 6.12. The molecule has 0 saturated carbocycles. The number of rotatable bonds is 4. The van der Waals surface area contributed by atoms with Crippen molar-refractivity contribution >= 4 is 11.9 Å². The van der Waals surface area contributed by atoms with Crippen molar-refractivity contribution in [3.05, 3.63) is 23.8 Å². The number of nitrogens with zero attached hydrogens (tertiary/aromatic N) is 2. The monoisotopic (exact) mass is 320 g/mol. The number of likely N-dealkylation sites (N-methyl/N-ethyl adjacent to an activating group) is 1. The van der Waals surface area contributed by atoms with Gasteiger partial charge in [0.15, 0.2) is 11.5 Å². The molecule has 2 atom stereocenters. The Balaban J connectivity index is 1.72. The minimum atomic E-state index is -0.951. The van der Waals surface area contributed by atoms with Crippen LogP contribution < -0.4 is 9.47 Å². The molecule has 1 aromatic rings. The molecule has 7 heteroatoms. The Morgan fingerprint density at radius 2 is 2.04 bits per heavy atom. The van der Waals surface area contributed by atoms with Crippen LogP contribution in [0.25, 0.3) is 0 Å². The number of benzene rings is 1. The number of amides is 1. The molecule has 1 amide bonds. The highest BCUT2D eigenvalue weighted by atomic mass is 16.7. The third-order valence-corrected chi connectivity index (χ3v) is 4.41. The van der Waals surface area contributed by atoms with Crippen LogP contribution in [-0.4, -0.2) is 66.3 Å². The molecule has 124 valence electrons. The number of carbonyl (C=O) groups excluding carboxylic acids is 1. The summed E-state index contributed by atoms with van der Waals surface area (Å²) in [4.78, 5) is 27.4. The van der Waals surface area contributed by atoms with Gasteiger partial charge in [-0.15, -0.1) is 0 Å². The molecule has 0 unspecified atom stereocenters. The molecule has 0 radical (unpaired) electrons. The van der Waals surface area contributed by atoms with Gasteiger partial charge >= 0.3 is 5.97 Å². The molecular weight excluding hydrogens is 300 g/mol. The maximum Gasteiger partial charge on any atom is 0.326 e. The Kier molecular flexibility index (Phi) is 4.12. The molecule has 2 aliphatic rings. The molecule has 1 N–H and O–H groups in total. The third kappa shape index (κ3) is 3.10. The Morgan fingerprint density at radius 3 is 2.74 bits per heavy atom. The molecule has 23 heavy (non-hydrogen) atoms. The van der Waals surface area contributed by atoms with Gasteiger partial charge in [0.1, 0.15) is 6.04 Å². The normalized spacial score (nSPS) is 22.7. The second-order valence-corrected chi connectivity index (χ2v) is 6.12. The van der Waals surface area contributed by atoms with Crippen LogP contribution in [0.4, 0.5) is 0 Å². The number of carbonyl (C=O) groups is 2. The zero-order valence-corrected chi connectivity index (χ0v) is 13.2. The fourth-order valence-corrected chi connectivity index (χ4v) is 3.02. The van der Waals surface area contributed by atoms with E-state index in [4.69, 9.17) is 9.47 Å². The van der Waals surface area contributed by atoms with Crippen molar-refractivity contribution in [2.24, 2.45) is 0 Å².